The fourth-order valence-corrected chi connectivity index (χ4v) is 6.13. The number of ether oxygens (including phenoxy) is 1. The minimum atomic E-state index is -4.19. The van der Waals surface area contributed by atoms with Gasteiger partial charge in [-0.25, -0.2) is 8.42 Å². The second kappa shape index (κ2) is 13.9. The van der Waals surface area contributed by atoms with Gasteiger partial charge < -0.3 is 15.0 Å². The minimum Gasteiger partial charge on any atom is -0.497 e. The summed E-state index contributed by atoms with van der Waals surface area (Å²) in [5.41, 5.74) is 2.44. The van der Waals surface area contributed by atoms with Crippen LogP contribution in [0, 0.1) is 13.8 Å². The Morgan fingerprint density at radius 2 is 1.66 bits per heavy atom. The largest absolute Gasteiger partial charge is 0.497 e. The van der Waals surface area contributed by atoms with Crippen LogP contribution < -0.4 is 14.4 Å². The number of anilines is 1. The first-order chi connectivity index (χ1) is 19.4. The molecule has 0 unspecified atom stereocenters. The Morgan fingerprint density at radius 1 is 1.00 bits per heavy atom. The lowest BCUT2D eigenvalue weighted by molar-refractivity contribution is -0.140. The van der Waals surface area contributed by atoms with Crippen molar-refractivity contribution in [2.45, 2.75) is 64.6 Å². The third-order valence-electron chi connectivity index (χ3n) is 6.70. The number of halogens is 1. The van der Waals surface area contributed by atoms with E-state index in [-0.39, 0.29) is 29.1 Å². The maximum atomic E-state index is 14.2. The maximum Gasteiger partial charge on any atom is 0.264 e. The molecule has 41 heavy (non-hydrogen) atoms. The summed E-state index contributed by atoms with van der Waals surface area (Å²) in [6.07, 6.45) is 0.329. The van der Waals surface area contributed by atoms with Gasteiger partial charge in [0.25, 0.3) is 10.0 Å². The fraction of sp³-hybridized carbons (Fsp3) is 0.355. The van der Waals surface area contributed by atoms with E-state index in [2.05, 4.69) is 5.32 Å². The number of methoxy groups -OCH3 is 1. The molecule has 10 heteroatoms. The van der Waals surface area contributed by atoms with Gasteiger partial charge in [0.05, 0.1) is 17.7 Å². The van der Waals surface area contributed by atoms with Crippen molar-refractivity contribution < 1.29 is 22.7 Å². The molecule has 1 atom stereocenters. The SMILES string of the molecule is CC[C@@H](C(=O)NC(C)C)N(Cc1cccc(OC)c1)C(=O)CN(c1cccc(Cl)c1C)S(=O)(=O)c1ccc(C)cc1. The van der Waals surface area contributed by atoms with Crippen LogP contribution in [0.2, 0.25) is 5.02 Å². The molecule has 0 saturated heterocycles. The number of carbonyl (C=O) groups excluding carboxylic acids is 2. The van der Waals surface area contributed by atoms with Gasteiger partial charge in [0.2, 0.25) is 11.8 Å². The van der Waals surface area contributed by atoms with E-state index in [0.717, 1.165) is 15.4 Å². The molecular weight excluding hydrogens is 562 g/mol. The Hall–Kier alpha value is -3.56. The van der Waals surface area contributed by atoms with Gasteiger partial charge in [-0.3, -0.25) is 13.9 Å². The Kier molecular flexibility index (Phi) is 10.8. The van der Waals surface area contributed by atoms with Crippen LogP contribution in [-0.4, -0.2) is 50.9 Å². The van der Waals surface area contributed by atoms with Gasteiger partial charge in [0.1, 0.15) is 18.3 Å². The number of hydrogen-bond acceptors (Lipinski definition) is 5. The van der Waals surface area contributed by atoms with Gasteiger partial charge in [0.15, 0.2) is 0 Å². The van der Waals surface area contributed by atoms with Crippen LogP contribution in [0.25, 0.3) is 0 Å². The standard InChI is InChI=1S/C31H38ClN3O5S/c1-7-28(31(37)33-21(2)3)34(19-24-10-8-11-25(18-24)40-6)30(36)20-35(29-13-9-12-27(32)23(29)5)41(38,39)26-16-14-22(4)15-17-26/h8-18,21,28H,7,19-20H2,1-6H3,(H,33,37)/t28-/m0/s1. The molecule has 2 amide bonds. The number of benzene rings is 3. The van der Waals surface area contributed by atoms with Gasteiger partial charge in [0, 0.05) is 17.6 Å². The van der Waals surface area contributed by atoms with Crippen LogP contribution >= 0.6 is 11.6 Å². The van der Waals surface area contributed by atoms with E-state index in [1.807, 2.05) is 33.8 Å². The second-order valence-electron chi connectivity index (χ2n) is 10.2. The Bertz CT molecular complexity index is 1480. The maximum absolute atomic E-state index is 14.2. The van der Waals surface area contributed by atoms with Crippen molar-refractivity contribution in [3.63, 3.8) is 0 Å². The zero-order valence-corrected chi connectivity index (χ0v) is 25.9. The topological polar surface area (TPSA) is 96.0 Å². The third-order valence-corrected chi connectivity index (χ3v) is 8.88. The highest BCUT2D eigenvalue weighted by Crippen LogP contribution is 2.31. The average molecular weight is 600 g/mol. The van der Waals surface area contributed by atoms with Gasteiger partial charge in [-0.15, -0.1) is 0 Å². The first-order valence-electron chi connectivity index (χ1n) is 13.5. The first-order valence-corrected chi connectivity index (χ1v) is 15.3. The minimum absolute atomic E-state index is 0.0409. The van der Waals surface area contributed by atoms with Crippen molar-refractivity contribution in [1.29, 1.82) is 0 Å². The molecule has 3 aromatic carbocycles. The van der Waals surface area contributed by atoms with Crippen molar-refractivity contribution in [3.05, 3.63) is 88.4 Å². The summed E-state index contributed by atoms with van der Waals surface area (Å²) in [5, 5.41) is 3.26. The molecule has 0 aliphatic carbocycles. The molecule has 0 aliphatic heterocycles. The van der Waals surface area contributed by atoms with Crippen LogP contribution in [0.3, 0.4) is 0 Å². The van der Waals surface area contributed by atoms with Crippen LogP contribution in [0.1, 0.15) is 43.9 Å². The smallest absolute Gasteiger partial charge is 0.264 e. The van der Waals surface area contributed by atoms with Crippen LogP contribution in [0.15, 0.2) is 71.6 Å². The molecule has 3 aromatic rings. The monoisotopic (exact) mass is 599 g/mol. The van der Waals surface area contributed by atoms with Crippen molar-refractivity contribution >= 4 is 39.1 Å². The molecule has 0 bridgehead atoms. The number of hydrogen-bond donors (Lipinski definition) is 1. The quantitative estimate of drug-likeness (QED) is 0.297. The molecule has 8 nitrogen and oxygen atoms in total. The summed E-state index contributed by atoms with van der Waals surface area (Å²) >= 11 is 6.39. The van der Waals surface area contributed by atoms with E-state index in [0.29, 0.717) is 22.8 Å². The van der Waals surface area contributed by atoms with Crippen molar-refractivity contribution in [1.82, 2.24) is 10.2 Å². The average Bonchev–Trinajstić information content (AvgIpc) is 2.93. The highest BCUT2D eigenvalue weighted by atomic mass is 35.5. The number of aryl methyl sites for hydroxylation is 1. The summed E-state index contributed by atoms with van der Waals surface area (Å²) in [7, 11) is -2.64. The lowest BCUT2D eigenvalue weighted by Crippen LogP contribution is -2.53. The summed E-state index contributed by atoms with van der Waals surface area (Å²) in [6, 6.07) is 17.6. The highest BCUT2D eigenvalue weighted by Gasteiger charge is 2.34. The van der Waals surface area contributed by atoms with E-state index in [1.165, 1.54) is 17.0 Å². The van der Waals surface area contributed by atoms with Crippen molar-refractivity contribution in [3.8, 4) is 5.75 Å². The first kappa shape index (κ1) is 32.0. The lowest BCUT2D eigenvalue weighted by atomic mass is 10.1. The number of amides is 2. The number of nitrogens with one attached hydrogen (secondary N) is 1. The van der Waals surface area contributed by atoms with Crippen LogP contribution in [0.4, 0.5) is 5.69 Å². The van der Waals surface area contributed by atoms with Gasteiger partial charge >= 0.3 is 0 Å². The normalized spacial score (nSPS) is 12.1. The highest BCUT2D eigenvalue weighted by molar-refractivity contribution is 7.92. The number of carbonyl (C=O) groups is 2. The summed E-state index contributed by atoms with van der Waals surface area (Å²) in [6.45, 7) is 8.62. The third kappa shape index (κ3) is 7.80. The molecule has 0 heterocycles. The molecule has 0 fully saturated rings. The summed E-state index contributed by atoms with van der Waals surface area (Å²) in [4.78, 5) is 28.9. The van der Waals surface area contributed by atoms with E-state index in [4.69, 9.17) is 16.3 Å². The van der Waals surface area contributed by atoms with Gasteiger partial charge in [-0.05, 0) is 81.6 Å². The molecule has 0 aliphatic rings. The predicted octanol–water partition coefficient (Wildman–Crippen LogP) is 5.49. The van der Waals surface area contributed by atoms with E-state index < -0.39 is 28.5 Å². The Morgan fingerprint density at radius 3 is 2.27 bits per heavy atom. The van der Waals surface area contributed by atoms with Crippen molar-refractivity contribution in [2.24, 2.45) is 0 Å². The Balaban J connectivity index is 2.11. The predicted molar refractivity (Wildman–Crippen MR) is 163 cm³/mol. The van der Waals surface area contributed by atoms with Crippen LogP contribution in [0.5, 0.6) is 5.75 Å². The van der Waals surface area contributed by atoms with Crippen molar-refractivity contribution in [2.75, 3.05) is 18.0 Å². The summed E-state index contributed by atoms with van der Waals surface area (Å²) in [5.74, 6) is -0.244. The zero-order chi connectivity index (χ0) is 30.3. The molecular formula is C31H38ClN3O5S. The number of rotatable bonds is 12. The lowest BCUT2D eigenvalue weighted by Gasteiger charge is -2.34. The second-order valence-corrected chi connectivity index (χ2v) is 12.4. The van der Waals surface area contributed by atoms with Crippen LogP contribution in [-0.2, 0) is 26.2 Å². The fourth-order valence-electron chi connectivity index (χ4n) is 4.48. The molecule has 0 spiro atoms. The number of nitrogens with zero attached hydrogens (tertiary/aromatic N) is 2. The zero-order valence-electron chi connectivity index (χ0n) is 24.3. The molecule has 0 aromatic heterocycles. The molecule has 0 radical (unpaired) electrons. The van der Waals surface area contributed by atoms with E-state index >= 15 is 0 Å². The Labute approximate surface area is 248 Å². The molecule has 220 valence electrons. The van der Waals surface area contributed by atoms with E-state index in [9.17, 15) is 18.0 Å². The van der Waals surface area contributed by atoms with Gasteiger partial charge in [-0.2, -0.15) is 0 Å². The number of sulfonamides is 1. The van der Waals surface area contributed by atoms with E-state index in [1.54, 1.807) is 62.6 Å². The molecule has 0 saturated carbocycles. The van der Waals surface area contributed by atoms with Gasteiger partial charge in [-0.1, -0.05) is 54.4 Å². The molecule has 1 N–H and O–H groups in total. The molecule has 3 rings (SSSR count). The summed E-state index contributed by atoms with van der Waals surface area (Å²) < 4.78 is 34.5.